The summed E-state index contributed by atoms with van der Waals surface area (Å²) in [6, 6.07) is 7.78. The summed E-state index contributed by atoms with van der Waals surface area (Å²) in [5, 5.41) is 3.04. The summed E-state index contributed by atoms with van der Waals surface area (Å²) in [6.07, 6.45) is 2.83. The molecular formula is C20H28N2O3S. The van der Waals surface area contributed by atoms with Crippen molar-refractivity contribution >= 4 is 29.4 Å². The van der Waals surface area contributed by atoms with E-state index in [1.165, 1.54) is 0 Å². The molecule has 0 atom stereocenters. The Morgan fingerprint density at radius 2 is 1.96 bits per heavy atom. The van der Waals surface area contributed by atoms with Gasteiger partial charge in [-0.3, -0.25) is 4.79 Å². The van der Waals surface area contributed by atoms with Crippen LogP contribution in [0.5, 0.6) is 0 Å². The van der Waals surface area contributed by atoms with Gasteiger partial charge in [-0.25, -0.2) is 4.79 Å². The van der Waals surface area contributed by atoms with Gasteiger partial charge in [0.1, 0.15) is 5.60 Å². The van der Waals surface area contributed by atoms with Crippen LogP contribution in [0.4, 0.5) is 10.5 Å². The van der Waals surface area contributed by atoms with Crippen molar-refractivity contribution in [3.05, 3.63) is 36.9 Å². The second-order valence-electron chi connectivity index (χ2n) is 7.33. The van der Waals surface area contributed by atoms with Gasteiger partial charge in [0.05, 0.1) is 5.69 Å². The first-order valence-corrected chi connectivity index (χ1v) is 9.90. The molecule has 0 radical (unpaired) electrons. The molecule has 26 heavy (non-hydrogen) atoms. The van der Waals surface area contributed by atoms with Crippen LogP contribution in [0.2, 0.25) is 0 Å². The van der Waals surface area contributed by atoms with E-state index in [2.05, 4.69) is 11.9 Å². The van der Waals surface area contributed by atoms with E-state index in [0.29, 0.717) is 25.9 Å². The summed E-state index contributed by atoms with van der Waals surface area (Å²) < 4.78 is 5.40. The summed E-state index contributed by atoms with van der Waals surface area (Å²) in [5.74, 6) is 0.716. The average Bonchev–Trinajstić information content (AvgIpc) is 2.59. The Morgan fingerprint density at radius 1 is 1.31 bits per heavy atom. The summed E-state index contributed by atoms with van der Waals surface area (Å²) in [4.78, 5) is 27.5. The number of anilines is 1. The van der Waals surface area contributed by atoms with E-state index < -0.39 is 5.60 Å². The molecule has 6 heteroatoms. The molecule has 5 nitrogen and oxygen atoms in total. The van der Waals surface area contributed by atoms with Crippen molar-refractivity contribution in [1.29, 1.82) is 0 Å². The van der Waals surface area contributed by atoms with Crippen LogP contribution in [0.15, 0.2) is 41.8 Å². The Bertz CT molecular complexity index is 647. The third-order valence-electron chi connectivity index (χ3n) is 4.02. The van der Waals surface area contributed by atoms with Crippen molar-refractivity contribution in [3.63, 3.8) is 0 Å². The normalized spacial score (nSPS) is 15.4. The quantitative estimate of drug-likeness (QED) is 0.605. The van der Waals surface area contributed by atoms with Gasteiger partial charge in [-0.15, -0.1) is 18.3 Å². The predicted molar refractivity (Wildman–Crippen MR) is 107 cm³/mol. The maximum absolute atomic E-state index is 12.6. The number of nitrogens with one attached hydrogen (secondary N) is 1. The Morgan fingerprint density at radius 3 is 2.58 bits per heavy atom. The van der Waals surface area contributed by atoms with Gasteiger partial charge in [0, 0.05) is 29.7 Å². The topological polar surface area (TPSA) is 58.6 Å². The number of para-hydroxylation sites is 1. The molecule has 0 unspecified atom stereocenters. The summed E-state index contributed by atoms with van der Waals surface area (Å²) in [5.41, 5.74) is 0.330. The zero-order chi connectivity index (χ0) is 19.2. The highest BCUT2D eigenvalue weighted by Crippen LogP contribution is 2.28. The molecule has 2 amide bonds. The van der Waals surface area contributed by atoms with Crippen LogP contribution in [0.3, 0.4) is 0 Å². The highest BCUT2D eigenvalue weighted by molar-refractivity contribution is 7.99. The van der Waals surface area contributed by atoms with Gasteiger partial charge in [0.25, 0.3) is 0 Å². The molecule has 0 aliphatic carbocycles. The van der Waals surface area contributed by atoms with Crippen LogP contribution < -0.4 is 5.32 Å². The fourth-order valence-corrected chi connectivity index (χ4v) is 3.48. The number of thioether (sulfide) groups is 1. The minimum atomic E-state index is -0.502. The Kier molecular flexibility index (Phi) is 7.14. The lowest BCUT2D eigenvalue weighted by atomic mass is 9.96. The van der Waals surface area contributed by atoms with Crippen LogP contribution in [0.25, 0.3) is 0 Å². The number of piperidine rings is 1. The third-order valence-corrected chi connectivity index (χ3v) is 5.09. The number of carbonyl (C=O) groups is 2. The van der Waals surface area contributed by atoms with E-state index in [9.17, 15) is 9.59 Å². The van der Waals surface area contributed by atoms with Crippen molar-refractivity contribution < 1.29 is 14.3 Å². The molecule has 0 aromatic heterocycles. The average molecular weight is 377 g/mol. The van der Waals surface area contributed by atoms with Crippen molar-refractivity contribution in [1.82, 2.24) is 4.90 Å². The first-order chi connectivity index (χ1) is 12.3. The second-order valence-corrected chi connectivity index (χ2v) is 8.39. The Labute approximate surface area is 160 Å². The standard InChI is InChI=1S/C20H28N2O3S/c1-5-14-26-17-9-7-6-8-16(17)21-18(23)15-10-12-22(13-11-15)19(24)25-20(2,3)4/h5-9,15H,1,10-14H2,2-4H3,(H,21,23). The van der Waals surface area contributed by atoms with Crippen molar-refractivity contribution in [3.8, 4) is 0 Å². The number of nitrogens with zero attached hydrogens (tertiary/aromatic N) is 1. The number of ether oxygens (including phenoxy) is 1. The fourth-order valence-electron chi connectivity index (χ4n) is 2.73. The molecule has 1 N–H and O–H groups in total. The molecule has 1 saturated heterocycles. The molecule has 1 aliphatic rings. The first kappa shape index (κ1) is 20.4. The first-order valence-electron chi connectivity index (χ1n) is 8.91. The number of carbonyl (C=O) groups excluding carboxylic acids is 2. The molecule has 0 spiro atoms. The van der Waals surface area contributed by atoms with Crippen LogP contribution in [-0.4, -0.2) is 41.3 Å². The molecule has 1 heterocycles. The maximum atomic E-state index is 12.6. The van der Waals surface area contributed by atoms with E-state index in [1.807, 2.05) is 51.1 Å². The lowest BCUT2D eigenvalue weighted by Crippen LogP contribution is -2.43. The minimum absolute atomic E-state index is 0.0143. The molecule has 1 aromatic carbocycles. The molecule has 142 valence electrons. The maximum Gasteiger partial charge on any atom is 0.410 e. The molecule has 2 rings (SSSR count). The molecule has 1 aromatic rings. The van der Waals surface area contributed by atoms with Gasteiger partial charge in [0.15, 0.2) is 0 Å². The number of amides is 2. The monoisotopic (exact) mass is 376 g/mol. The molecule has 1 fully saturated rings. The van der Waals surface area contributed by atoms with E-state index in [4.69, 9.17) is 4.74 Å². The Hall–Kier alpha value is -1.95. The molecule has 0 bridgehead atoms. The van der Waals surface area contributed by atoms with Gasteiger partial charge in [-0.2, -0.15) is 0 Å². The SMILES string of the molecule is C=CCSc1ccccc1NC(=O)C1CCN(C(=O)OC(C)(C)C)CC1. The predicted octanol–water partition coefficient (Wildman–Crippen LogP) is 4.55. The van der Waals surface area contributed by atoms with Gasteiger partial charge in [0.2, 0.25) is 5.91 Å². The number of likely N-dealkylation sites (tertiary alicyclic amines) is 1. The Balaban J connectivity index is 1.89. The van der Waals surface area contributed by atoms with Gasteiger partial charge < -0.3 is 15.0 Å². The van der Waals surface area contributed by atoms with E-state index >= 15 is 0 Å². The molecule has 0 saturated carbocycles. The van der Waals surface area contributed by atoms with Crippen molar-refractivity contribution in [2.45, 2.75) is 44.1 Å². The smallest absolute Gasteiger partial charge is 0.410 e. The van der Waals surface area contributed by atoms with Gasteiger partial charge in [-0.05, 0) is 45.7 Å². The van der Waals surface area contributed by atoms with Crippen molar-refractivity contribution in [2.75, 3.05) is 24.2 Å². The fraction of sp³-hybridized carbons (Fsp3) is 0.500. The van der Waals surface area contributed by atoms with Crippen LogP contribution in [0.1, 0.15) is 33.6 Å². The van der Waals surface area contributed by atoms with Crippen LogP contribution >= 0.6 is 11.8 Å². The van der Waals surface area contributed by atoms with Gasteiger partial charge in [-0.1, -0.05) is 18.2 Å². The minimum Gasteiger partial charge on any atom is -0.444 e. The molecule has 1 aliphatic heterocycles. The third kappa shape index (κ3) is 6.09. The highest BCUT2D eigenvalue weighted by Gasteiger charge is 2.30. The summed E-state index contributed by atoms with van der Waals surface area (Å²) >= 11 is 1.64. The van der Waals surface area contributed by atoms with E-state index in [1.54, 1.807) is 16.7 Å². The van der Waals surface area contributed by atoms with Gasteiger partial charge >= 0.3 is 6.09 Å². The van der Waals surface area contributed by atoms with Crippen LogP contribution in [0, 0.1) is 5.92 Å². The summed E-state index contributed by atoms with van der Waals surface area (Å²) in [7, 11) is 0. The number of rotatable bonds is 5. The van der Waals surface area contributed by atoms with Crippen LogP contribution in [-0.2, 0) is 9.53 Å². The van der Waals surface area contributed by atoms with E-state index in [-0.39, 0.29) is 17.9 Å². The van der Waals surface area contributed by atoms with Crippen molar-refractivity contribution in [2.24, 2.45) is 5.92 Å². The zero-order valence-corrected chi connectivity index (χ0v) is 16.6. The van der Waals surface area contributed by atoms with E-state index in [0.717, 1.165) is 16.3 Å². The molecular weight excluding hydrogens is 348 g/mol. The number of benzene rings is 1. The largest absolute Gasteiger partial charge is 0.444 e. The summed E-state index contributed by atoms with van der Waals surface area (Å²) in [6.45, 7) is 10.4. The number of hydrogen-bond donors (Lipinski definition) is 1. The highest BCUT2D eigenvalue weighted by atomic mass is 32.2. The second kappa shape index (κ2) is 9.12. The number of hydrogen-bond acceptors (Lipinski definition) is 4. The zero-order valence-electron chi connectivity index (χ0n) is 15.8. The lowest BCUT2D eigenvalue weighted by molar-refractivity contribution is -0.121. The lowest BCUT2D eigenvalue weighted by Gasteiger charge is -2.33.